The van der Waals surface area contributed by atoms with E-state index in [-0.39, 0.29) is 0 Å². The van der Waals surface area contributed by atoms with Crippen LogP contribution in [-0.4, -0.2) is 36.3 Å². The van der Waals surface area contributed by atoms with Gasteiger partial charge in [-0.3, -0.25) is 0 Å². The van der Waals surface area contributed by atoms with Gasteiger partial charge in [0.25, 0.3) is 0 Å². The Morgan fingerprint density at radius 2 is 2.22 bits per heavy atom. The molecule has 0 unspecified atom stereocenters. The Kier molecular flexibility index (Phi) is 6.79. The maximum atomic E-state index is 5.40. The third-order valence-corrected chi connectivity index (χ3v) is 2.13. The van der Waals surface area contributed by atoms with Crippen LogP contribution in [0, 0.1) is 6.92 Å². The number of nitrogens with zero attached hydrogens (tertiary/aromatic N) is 2. The van der Waals surface area contributed by atoms with Gasteiger partial charge in [0, 0.05) is 12.6 Å². The summed E-state index contributed by atoms with van der Waals surface area (Å²) in [6.07, 6.45) is 2.72. The Labute approximate surface area is 108 Å². The molecular weight excluding hydrogens is 230 g/mol. The standard InChI is InChI=1S/C13H21N3O2/c1-4-6-8-17-9-7-14-12-10-13(18-5-2)16-11(3)15-12/h4,10H,1,5-9H2,2-3H3,(H,14,15,16). The molecule has 0 bridgehead atoms. The number of anilines is 1. The van der Waals surface area contributed by atoms with Gasteiger partial charge in [0.2, 0.25) is 5.88 Å². The summed E-state index contributed by atoms with van der Waals surface area (Å²) in [5.74, 6) is 2.05. The molecule has 0 atom stereocenters. The molecule has 0 saturated heterocycles. The summed E-state index contributed by atoms with van der Waals surface area (Å²) < 4.78 is 10.7. The molecule has 5 heteroatoms. The van der Waals surface area contributed by atoms with E-state index >= 15 is 0 Å². The quantitative estimate of drug-likeness (QED) is 0.538. The maximum absolute atomic E-state index is 5.40. The Bertz CT molecular complexity index is 369. The van der Waals surface area contributed by atoms with E-state index in [1.165, 1.54) is 0 Å². The first kappa shape index (κ1) is 14.4. The van der Waals surface area contributed by atoms with E-state index in [1.807, 2.05) is 19.9 Å². The van der Waals surface area contributed by atoms with Gasteiger partial charge < -0.3 is 14.8 Å². The molecule has 0 aliphatic carbocycles. The Balaban J connectivity index is 2.34. The molecule has 1 aromatic heterocycles. The molecule has 0 aliphatic rings. The molecule has 5 nitrogen and oxygen atoms in total. The average molecular weight is 251 g/mol. The number of aryl methyl sites for hydroxylation is 1. The van der Waals surface area contributed by atoms with Gasteiger partial charge in [-0.25, -0.2) is 4.98 Å². The molecule has 0 aliphatic heterocycles. The van der Waals surface area contributed by atoms with Crippen molar-refractivity contribution in [1.82, 2.24) is 9.97 Å². The van der Waals surface area contributed by atoms with Gasteiger partial charge in [-0.2, -0.15) is 4.98 Å². The number of nitrogens with one attached hydrogen (secondary N) is 1. The van der Waals surface area contributed by atoms with Crippen LogP contribution in [0.25, 0.3) is 0 Å². The van der Waals surface area contributed by atoms with Crippen LogP contribution in [0.4, 0.5) is 5.82 Å². The van der Waals surface area contributed by atoms with E-state index in [9.17, 15) is 0 Å². The van der Waals surface area contributed by atoms with Crippen LogP contribution < -0.4 is 10.1 Å². The normalized spacial score (nSPS) is 10.1. The van der Waals surface area contributed by atoms with Crippen molar-refractivity contribution in [3.63, 3.8) is 0 Å². The molecule has 100 valence electrons. The van der Waals surface area contributed by atoms with Crippen LogP contribution in [0.5, 0.6) is 5.88 Å². The molecule has 0 saturated carbocycles. The first-order valence-electron chi connectivity index (χ1n) is 6.17. The van der Waals surface area contributed by atoms with Crippen molar-refractivity contribution in [3.8, 4) is 5.88 Å². The van der Waals surface area contributed by atoms with Gasteiger partial charge >= 0.3 is 0 Å². The number of hydrogen-bond acceptors (Lipinski definition) is 5. The molecule has 1 heterocycles. The highest BCUT2D eigenvalue weighted by molar-refractivity contribution is 5.38. The van der Waals surface area contributed by atoms with Crippen LogP contribution in [0.1, 0.15) is 19.2 Å². The number of rotatable bonds is 9. The summed E-state index contributed by atoms with van der Waals surface area (Å²) in [7, 11) is 0. The lowest BCUT2D eigenvalue weighted by Gasteiger charge is -2.09. The number of aromatic nitrogens is 2. The topological polar surface area (TPSA) is 56.3 Å². The van der Waals surface area contributed by atoms with Crippen LogP contribution in [0.3, 0.4) is 0 Å². The molecule has 0 radical (unpaired) electrons. The second-order valence-corrected chi connectivity index (χ2v) is 3.69. The lowest BCUT2D eigenvalue weighted by atomic mass is 10.4. The van der Waals surface area contributed by atoms with Gasteiger partial charge in [-0.1, -0.05) is 6.08 Å². The molecule has 18 heavy (non-hydrogen) atoms. The van der Waals surface area contributed by atoms with Crippen molar-refractivity contribution in [1.29, 1.82) is 0 Å². The minimum absolute atomic E-state index is 0.597. The van der Waals surface area contributed by atoms with E-state index in [0.29, 0.717) is 38.1 Å². The van der Waals surface area contributed by atoms with Crippen LogP contribution in [0.15, 0.2) is 18.7 Å². The summed E-state index contributed by atoms with van der Waals surface area (Å²) in [6.45, 7) is 10.1. The molecule has 1 aromatic rings. The highest BCUT2D eigenvalue weighted by Crippen LogP contribution is 2.12. The van der Waals surface area contributed by atoms with Crippen molar-refractivity contribution in [2.75, 3.05) is 31.7 Å². The van der Waals surface area contributed by atoms with Gasteiger partial charge in [-0.05, 0) is 20.3 Å². The second kappa shape index (κ2) is 8.47. The first-order valence-corrected chi connectivity index (χ1v) is 6.17. The zero-order valence-corrected chi connectivity index (χ0v) is 11.1. The Hall–Kier alpha value is -1.62. The van der Waals surface area contributed by atoms with Crippen LogP contribution in [-0.2, 0) is 4.74 Å². The Morgan fingerprint density at radius 3 is 2.94 bits per heavy atom. The average Bonchev–Trinajstić information content (AvgIpc) is 2.33. The first-order chi connectivity index (χ1) is 8.76. The molecule has 1 rings (SSSR count). The molecule has 1 N–H and O–H groups in total. The zero-order chi connectivity index (χ0) is 13.2. The third kappa shape index (κ3) is 5.63. The van der Waals surface area contributed by atoms with Gasteiger partial charge in [0.1, 0.15) is 11.6 Å². The highest BCUT2D eigenvalue weighted by atomic mass is 16.5. The zero-order valence-electron chi connectivity index (χ0n) is 11.1. The van der Waals surface area contributed by atoms with Gasteiger partial charge in [0.05, 0.1) is 19.8 Å². The second-order valence-electron chi connectivity index (χ2n) is 3.69. The van der Waals surface area contributed by atoms with Crippen molar-refractivity contribution in [2.24, 2.45) is 0 Å². The predicted octanol–water partition coefficient (Wildman–Crippen LogP) is 2.19. The molecule has 0 fully saturated rings. The summed E-state index contributed by atoms with van der Waals surface area (Å²) in [5, 5.41) is 3.18. The summed E-state index contributed by atoms with van der Waals surface area (Å²) in [4.78, 5) is 8.45. The summed E-state index contributed by atoms with van der Waals surface area (Å²) in [5.41, 5.74) is 0. The van der Waals surface area contributed by atoms with Crippen molar-refractivity contribution in [3.05, 3.63) is 24.5 Å². The fourth-order valence-corrected chi connectivity index (χ4v) is 1.37. The van der Waals surface area contributed by atoms with E-state index in [1.54, 1.807) is 6.07 Å². The highest BCUT2D eigenvalue weighted by Gasteiger charge is 2.01. The van der Waals surface area contributed by atoms with E-state index in [0.717, 1.165) is 12.2 Å². The maximum Gasteiger partial charge on any atom is 0.218 e. The third-order valence-electron chi connectivity index (χ3n) is 2.13. The molecule has 0 amide bonds. The molecule has 0 aromatic carbocycles. The largest absolute Gasteiger partial charge is 0.478 e. The van der Waals surface area contributed by atoms with Crippen LogP contribution in [0.2, 0.25) is 0 Å². The number of ether oxygens (including phenoxy) is 2. The Morgan fingerprint density at radius 1 is 1.39 bits per heavy atom. The SMILES string of the molecule is C=CCCOCCNc1cc(OCC)nc(C)n1. The van der Waals surface area contributed by atoms with Gasteiger partial charge in [0.15, 0.2) is 0 Å². The smallest absolute Gasteiger partial charge is 0.218 e. The summed E-state index contributed by atoms with van der Waals surface area (Å²) >= 11 is 0. The molecular formula is C13H21N3O2. The fourth-order valence-electron chi connectivity index (χ4n) is 1.37. The lowest BCUT2D eigenvalue weighted by Crippen LogP contribution is -2.11. The van der Waals surface area contributed by atoms with E-state index < -0.39 is 0 Å². The van der Waals surface area contributed by atoms with Crippen molar-refractivity contribution in [2.45, 2.75) is 20.3 Å². The number of hydrogen-bond donors (Lipinski definition) is 1. The van der Waals surface area contributed by atoms with E-state index in [2.05, 4.69) is 21.9 Å². The van der Waals surface area contributed by atoms with Gasteiger partial charge in [-0.15, -0.1) is 6.58 Å². The minimum atomic E-state index is 0.597. The predicted molar refractivity (Wildman–Crippen MR) is 72.1 cm³/mol. The van der Waals surface area contributed by atoms with Crippen molar-refractivity contribution < 1.29 is 9.47 Å². The molecule has 0 spiro atoms. The monoisotopic (exact) mass is 251 g/mol. The van der Waals surface area contributed by atoms with Crippen LogP contribution >= 0.6 is 0 Å². The minimum Gasteiger partial charge on any atom is -0.478 e. The fraction of sp³-hybridized carbons (Fsp3) is 0.538. The summed E-state index contributed by atoms with van der Waals surface area (Å²) in [6, 6.07) is 1.79. The lowest BCUT2D eigenvalue weighted by molar-refractivity contribution is 0.149. The van der Waals surface area contributed by atoms with E-state index in [4.69, 9.17) is 9.47 Å². The van der Waals surface area contributed by atoms with Crippen molar-refractivity contribution >= 4 is 5.82 Å².